The molecule has 11 nitrogen and oxygen atoms in total. The van der Waals surface area contributed by atoms with Crippen molar-refractivity contribution in [2.75, 3.05) is 62.4 Å². The van der Waals surface area contributed by atoms with Gasteiger partial charge in [0.25, 0.3) is 0 Å². The van der Waals surface area contributed by atoms with Crippen LogP contribution in [-0.2, 0) is 4.74 Å². The second-order valence-corrected chi connectivity index (χ2v) is 12.0. The van der Waals surface area contributed by atoms with Gasteiger partial charge in [-0.25, -0.2) is 19.9 Å². The molecule has 2 aliphatic rings. The number of nitrogens with zero attached hydrogens (tertiary/aromatic N) is 6. The minimum Gasteiger partial charge on any atom is -0.490 e. The summed E-state index contributed by atoms with van der Waals surface area (Å²) in [7, 11) is 0. The molecule has 11 heteroatoms. The van der Waals surface area contributed by atoms with E-state index in [0.29, 0.717) is 37.9 Å². The van der Waals surface area contributed by atoms with Gasteiger partial charge in [-0.2, -0.15) is 0 Å². The second-order valence-electron chi connectivity index (χ2n) is 12.0. The molecule has 2 saturated heterocycles. The first-order valence-electron chi connectivity index (χ1n) is 16.5. The van der Waals surface area contributed by atoms with Crippen LogP contribution in [0.1, 0.15) is 25.7 Å². The summed E-state index contributed by atoms with van der Waals surface area (Å²) in [5.74, 6) is 2.87. The molecule has 0 radical (unpaired) electrons. The zero-order valence-electron chi connectivity index (χ0n) is 26.3. The van der Waals surface area contributed by atoms with Gasteiger partial charge in [-0.3, -0.25) is 0 Å². The number of fused-ring (bicyclic) bond motifs is 2. The molecule has 0 bridgehead atoms. The number of benzene rings is 2. The highest BCUT2D eigenvalue weighted by atomic mass is 16.5. The van der Waals surface area contributed by atoms with E-state index in [0.717, 1.165) is 71.3 Å². The van der Waals surface area contributed by atoms with Crippen LogP contribution in [-0.4, -0.2) is 82.5 Å². The molecule has 0 unspecified atom stereocenters. The number of hydrogen-bond acceptors (Lipinski definition) is 9. The van der Waals surface area contributed by atoms with Gasteiger partial charge in [0.2, 0.25) is 0 Å². The number of H-pyrrole nitrogens is 2. The normalized spacial score (nSPS) is 14.9. The van der Waals surface area contributed by atoms with E-state index in [2.05, 4.69) is 66.1 Å². The third-order valence-electron chi connectivity index (χ3n) is 8.83. The van der Waals surface area contributed by atoms with Gasteiger partial charge in [0.15, 0.2) is 11.6 Å². The van der Waals surface area contributed by atoms with Crippen LogP contribution in [0.4, 0.5) is 11.4 Å². The van der Waals surface area contributed by atoms with E-state index in [9.17, 15) is 0 Å². The van der Waals surface area contributed by atoms with Crippen LogP contribution in [0.25, 0.3) is 45.1 Å². The zero-order chi connectivity index (χ0) is 31.4. The summed E-state index contributed by atoms with van der Waals surface area (Å²) < 4.78 is 17.3. The first kappa shape index (κ1) is 29.3. The van der Waals surface area contributed by atoms with Crippen LogP contribution in [0.2, 0.25) is 0 Å². The SMILES string of the molecule is c1cc(-c2nc3cc(N4CCCC4)ccc3[nH]2)ncc1OCCOCCOc1ccc(-c2nc3cc(N4CCCC4)ccc3[nH]2)nc1. The molecule has 240 valence electrons. The molecule has 6 heterocycles. The maximum Gasteiger partial charge on any atom is 0.157 e. The average molecular weight is 631 g/mol. The lowest BCUT2D eigenvalue weighted by Gasteiger charge is -2.16. The van der Waals surface area contributed by atoms with Crippen LogP contribution in [0.5, 0.6) is 11.5 Å². The Balaban J connectivity index is 0.762. The summed E-state index contributed by atoms with van der Waals surface area (Å²) >= 11 is 0. The molecule has 2 N–H and O–H groups in total. The zero-order valence-corrected chi connectivity index (χ0v) is 26.3. The molecule has 2 aliphatic heterocycles. The second kappa shape index (κ2) is 13.3. The molecule has 6 aromatic rings. The monoisotopic (exact) mass is 630 g/mol. The third-order valence-corrected chi connectivity index (χ3v) is 8.83. The van der Waals surface area contributed by atoms with E-state index in [1.54, 1.807) is 12.4 Å². The van der Waals surface area contributed by atoms with E-state index in [4.69, 9.17) is 24.2 Å². The van der Waals surface area contributed by atoms with E-state index in [1.165, 1.54) is 37.1 Å². The minimum atomic E-state index is 0.415. The van der Waals surface area contributed by atoms with Gasteiger partial charge in [0.1, 0.15) is 36.1 Å². The number of anilines is 2. The van der Waals surface area contributed by atoms with Crippen molar-refractivity contribution in [2.24, 2.45) is 0 Å². The fourth-order valence-electron chi connectivity index (χ4n) is 6.33. The van der Waals surface area contributed by atoms with Gasteiger partial charge in [0, 0.05) is 37.6 Å². The Morgan fingerprint density at radius 2 is 1.02 bits per heavy atom. The van der Waals surface area contributed by atoms with E-state index in [-0.39, 0.29) is 0 Å². The fraction of sp³-hybridized carbons (Fsp3) is 0.333. The molecule has 2 fully saturated rings. The Labute approximate surface area is 272 Å². The van der Waals surface area contributed by atoms with Crippen LogP contribution >= 0.6 is 0 Å². The summed E-state index contributed by atoms with van der Waals surface area (Å²) in [6, 6.07) is 20.5. The third kappa shape index (κ3) is 6.57. The maximum absolute atomic E-state index is 5.82. The largest absolute Gasteiger partial charge is 0.490 e. The molecular formula is C36H38N8O3. The molecule has 4 aromatic heterocycles. The van der Waals surface area contributed by atoms with E-state index in [1.807, 2.05) is 24.3 Å². The summed E-state index contributed by atoms with van der Waals surface area (Å²) in [4.78, 5) is 30.3. The van der Waals surface area contributed by atoms with Crippen molar-refractivity contribution in [1.82, 2.24) is 29.9 Å². The first-order valence-corrected chi connectivity index (χ1v) is 16.5. The fourth-order valence-corrected chi connectivity index (χ4v) is 6.33. The highest BCUT2D eigenvalue weighted by Crippen LogP contribution is 2.28. The molecule has 8 rings (SSSR count). The van der Waals surface area contributed by atoms with Crippen molar-refractivity contribution >= 4 is 33.4 Å². The molecule has 0 spiro atoms. The Bertz CT molecular complexity index is 1800. The smallest absolute Gasteiger partial charge is 0.157 e. The number of nitrogens with one attached hydrogen (secondary N) is 2. The van der Waals surface area contributed by atoms with Crippen LogP contribution in [0.3, 0.4) is 0 Å². The molecule has 2 aromatic carbocycles. The quantitative estimate of drug-likeness (QED) is 0.152. The Morgan fingerprint density at radius 1 is 0.553 bits per heavy atom. The predicted octanol–water partition coefficient (Wildman–Crippen LogP) is 6.24. The van der Waals surface area contributed by atoms with Crippen molar-refractivity contribution < 1.29 is 14.2 Å². The van der Waals surface area contributed by atoms with E-state index >= 15 is 0 Å². The van der Waals surface area contributed by atoms with E-state index < -0.39 is 0 Å². The lowest BCUT2D eigenvalue weighted by atomic mass is 10.2. The van der Waals surface area contributed by atoms with Gasteiger partial charge in [-0.15, -0.1) is 0 Å². The predicted molar refractivity (Wildman–Crippen MR) is 183 cm³/mol. The van der Waals surface area contributed by atoms with Crippen LogP contribution < -0.4 is 19.3 Å². The van der Waals surface area contributed by atoms with Crippen molar-refractivity contribution in [3.8, 4) is 34.5 Å². The Hall–Kier alpha value is -5.16. The number of aromatic amines is 2. The Morgan fingerprint density at radius 3 is 1.45 bits per heavy atom. The van der Waals surface area contributed by atoms with Gasteiger partial charge >= 0.3 is 0 Å². The van der Waals surface area contributed by atoms with Gasteiger partial charge in [0.05, 0.1) is 47.7 Å². The van der Waals surface area contributed by atoms with Gasteiger partial charge in [-0.05, 0) is 86.3 Å². The topological polar surface area (TPSA) is 117 Å². The highest BCUT2D eigenvalue weighted by molar-refractivity contribution is 5.83. The van der Waals surface area contributed by atoms with Crippen molar-refractivity contribution in [2.45, 2.75) is 25.7 Å². The molecule has 0 saturated carbocycles. The number of hydrogen-bond donors (Lipinski definition) is 2. The summed E-state index contributed by atoms with van der Waals surface area (Å²) in [5.41, 5.74) is 7.93. The minimum absolute atomic E-state index is 0.415. The standard InChI is InChI=1S/C36H38N8O3/c1-2-14-43(13-1)25-5-9-29-33(21-25)41-35(39-29)31-11-7-27(23-37-31)46-19-17-45-18-20-47-28-8-12-32(38-24-28)36-40-30-10-6-26(22-34(30)42-36)44-15-3-4-16-44/h5-12,21-24H,1-4,13-20H2,(H,39,41)(H,40,42). The molecule has 0 aliphatic carbocycles. The molecular weight excluding hydrogens is 592 g/mol. The number of aromatic nitrogens is 6. The Kier molecular flexibility index (Phi) is 8.27. The summed E-state index contributed by atoms with van der Waals surface area (Å²) in [6.07, 6.45) is 8.44. The van der Waals surface area contributed by atoms with Gasteiger partial charge in [-0.1, -0.05) is 0 Å². The lowest BCUT2D eigenvalue weighted by Crippen LogP contribution is -2.17. The number of rotatable bonds is 12. The van der Waals surface area contributed by atoms with Crippen molar-refractivity contribution in [3.05, 3.63) is 73.1 Å². The molecule has 47 heavy (non-hydrogen) atoms. The lowest BCUT2D eigenvalue weighted by molar-refractivity contribution is 0.0762. The highest BCUT2D eigenvalue weighted by Gasteiger charge is 2.16. The van der Waals surface area contributed by atoms with Crippen LogP contribution in [0, 0.1) is 0 Å². The van der Waals surface area contributed by atoms with Crippen molar-refractivity contribution in [3.63, 3.8) is 0 Å². The van der Waals surface area contributed by atoms with Gasteiger partial charge < -0.3 is 34.0 Å². The molecule has 0 amide bonds. The van der Waals surface area contributed by atoms with Crippen LogP contribution in [0.15, 0.2) is 73.1 Å². The first-order chi connectivity index (χ1) is 23.2. The van der Waals surface area contributed by atoms with Crippen molar-refractivity contribution in [1.29, 1.82) is 0 Å². The summed E-state index contributed by atoms with van der Waals surface area (Å²) in [6.45, 7) is 6.17. The molecule has 0 atom stereocenters. The average Bonchev–Trinajstić information content (AvgIpc) is 3.94. The maximum atomic E-state index is 5.82. The number of ether oxygens (including phenoxy) is 3. The summed E-state index contributed by atoms with van der Waals surface area (Å²) in [5, 5.41) is 0. The number of imidazole rings is 2. The number of pyridine rings is 2.